The third-order valence-corrected chi connectivity index (χ3v) is 11.7. The minimum atomic E-state index is -0.669. The molecule has 4 fully saturated rings. The van der Waals surface area contributed by atoms with Crippen molar-refractivity contribution in [1.29, 1.82) is 0 Å². The van der Waals surface area contributed by atoms with Gasteiger partial charge < -0.3 is 19.1 Å². The molecular weight excluding hydrogens is 588 g/mol. The molecule has 4 bridgehead atoms. The number of imidazole rings is 1. The predicted octanol–water partition coefficient (Wildman–Crippen LogP) is 9.55. The van der Waals surface area contributed by atoms with Gasteiger partial charge in [-0.25, -0.2) is 4.98 Å². The zero-order valence-corrected chi connectivity index (χ0v) is 29.9. The molecule has 4 saturated carbocycles. The molecule has 7 nitrogen and oxygen atoms in total. The van der Waals surface area contributed by atoms with Crippen LogP contribution in [0.3, 0.4) is 0 Å². The van der Waals surface area contributed by atoms with Crippen LogP contribution in [0.4, 0.5) is 0 Å². The molecule has 0 spiro atoms. The molecule has 4 aliphatic carbocycles. The smallest absolute Gasteiger partial charge is 0.312 e. The average molecular weight is 649 g/mol. The number of carbonyl (C=O) groups excluding carboxylic acids is 2. The second kappa shape index (κ2) is 14.7. The topological polar surface area (TPSA) is 90.7 Å². The zero-order chi connectivity index (χ0) is 33.8. The van der Waals surface area contributed by atoms with Crippen LogP contribution in [-0.4, -0.2) is 37.8 Å². The number of phenols is 1. The third-order valence-electron chi connectivity index (χ3n) is 11.7. The van der Waals surface area contributed by atoms with Gasteiger partial charge in [-0.2, -0.15) is 0 Å². The van der Waals surface area contributed by atoms with Crippen molar-refractivity contribution in [2.75, 3.05) is 0 Å². The number of benzene rings is 1. The van der Waals surface area contributed by atoms with E-state index in [0.717, 1.165) is 81.1 Å². The van der Waals surface area contributed by atoms with Crippen LogP contribution < -0.4 is 0 Å². The molecule has 0 amide bonds. The number of carbonyl (C=O) groups is 2. The van der Waals surface area contributed by atoms with E-state index in [9.17, 15) is 14.7 Å². The lowest BCUT2D eigenvalue weighted by Crippen LogP contribution is -2.53. The quantitative estimate of drug-likeness (QED) is 0.182. The molecule has 7 heteroatoms. The highest BCUT2D eigenvalue weighted by Crippen LogP contribution is 2.57. The van der Waals surface area contributed by atoms with Crippen LogP contribution in [-0.2, 0) is 19.1 Å². The molecule has 1 N–H and O–H groups in total. The van der Waals surface area contributed by atoms with Gasteiger partial charge in [0, 0.05) is 18.4 Å². The summed E-state index contributed by atoms with van der Waals surface area (Å²) in [6.07, 6.45) is 19.1. The van der Waals surface area contributed by atoms with E-state index >= 15 is 0 Å². The normalized spacial score (nSPS) is 26.7. The van der Waals surface area contributed by atoms with Crippen molar-refractivity contribution in [2.45, 2.75) is 155 Å². The van der Waals surface area contributed by atoms with E-state index in [-0.39, 0.29) is 41.2 Å². The fourth-order valence-electron chi connectivity index (χ4n) is 9.33. The summed E-state index contributed by atoms with van der Waals surface area (Å²) in [5.41, 5.74) is -0.339. The first kappa shape index (κ1) is 35.5. The van der Waals surface area contributed by atoms with Gasteiger partial charge in [0.05, 0.1) is 17.7 Å². The van der Waals surface area contributed by atoms with Gasteiger partial charge in [0.2, 0.25) is 0 Å². The lowest BCUT2D eigenvalue weighted by molar-refractivity contribution is -0.191. The van der Waals surface area contributed by atoms with Gasteiger partial charge >= 0.3 is 11.9 Å². The average Bonchev–Trinajstić information content (AvgIpc) is 3.53. The van der Waals surface area contributed by atoms with E-state index in [0.29, 0.717) is 12.8 Å². The summed E-state index contributed by atoms with van der Waals surface area (Å²) in [5.74, 6) is 2.28. The minimum Gasteiger partial charge on any atom is -0.508 e. The second-order valence-electron chi connectivity index (χ2n) is 16.7. The largest absolute Gasteiger partial charge is 0.508 e. The minimum absolute atomic E-state index is 0.0115. The molecule has 1 heterocycles. The number of nitrogens with zero attached hydrogens (tertiary/aromatic N) is 2. The number of ether oxygens (including phenoxy) is 2. The molecule has 260 valence electrons. The van der Waals surface area contributed by atoms with Gasteiger partial charge in [-0.15, -0.1) is 0 Å². The molecule has 1 aromatic carbocycles. The fraction of sp³-hybridized carbons (Fsp3) is 0.725. The summed E-state index contributed by atoms with van der Waals surface area (Å²) in [6, 6.07) is 7.73. The van der Waals surface area contributed by atoms with Crippen LogP contribution in [0.15, 0.2) is 43.0 Å². The SMILES string of the molecule is CCC(CCC(CCC(C)(CCC(CC)n1ccnc1)C(=O)OC(C)(C)C)c1ccc(O)cc1)C(=O)OC12CC3CC(CC(C3)C1)C2. The summed E-state index contributed by atoms with van der Waals surface area (Å²) in [5, 5.41) is 10.1. The van der Waals surface area contributed by atoms with Crippen molar-refractivity contribution in [1.82, 2.24) is 9.55 Å². The van der Waals surface area contributed by atoms with Crippen LogP contribution in [0.2, 0.25) is 0 Å². The Morgan fingerprint density at radius 1 is 0.915 bits per heavy atom. The Hall–Kier alpha value is -2.83. The maximum absolute atomic E-state index is 13.8. The summed E-state index contributed by atoms with van der Waals surface area (Å²) in [7, 11) is 0. The van der Waals surface area contributed by atoms with Crippen molar-refractivity contribution in [3.05, 3.63) is 48.5 Å². The number of aromatic hydroxyl groups is 1. The Bertz CT molecular complexity index is 1280. The third kappa shape index (κ3) is 9.00. The molecule has 0 radical (unpaired) electrons. The number of phenolic OH excluding ortho intramolecular Hbond substituents is 1. The summed E-state index contributed by atoms with van der Waals surface area (Å²) in [6.45, 7) is 12.1. The number of esters is 2. The van der Waals surface area contributed by atoms with E-state index in [1.165, 1.54) is 19.3 Å². The molecule has 0 saturated heterocycles. The first-order valence-corrected chi connectivity index (χ1v) is 18.5. The highest BCUT2D eigenvalue weighted by atomic mass is 16.6. The number of rotatable bonds is 16. The van der Waals surface area contributed by atoms with E-state index in [1.54, 1.807) is 18.3 Å². The highest BCUT2D eigenvalue weighted by molar-refractivity contribution is 5.76. The van der Waals surface area contributed by atoms with Gasteiger partial charge in [-0.1, -0.05) is 26.0 Å². The molecule has 4 aliphatic rings. The number of hydrogen-bond acceptors (Lipinski definition) is 6. The van der Waals surface area contributed by atoms with E-state index < -0.39 is 11.0 Å². The molecule has 2 aromatic rings. The molecular formula is C40H60N2O5. The molecule has 6 rings (SSSR count). The zero-order valence-electron chi connectivity index (χ0n) is 29.9. The Morgan fingerprint density at radius 3 is 2.06 bits per heavy atom. The molecule has 0 aliphatic heterocycles. The van der Waals surface area contributed by atoms with Gasteiger partial charge in [0.25, 0.3) is 0 Å². The Morgan fingerprint density at radius 2 is 1.53 bits per heavy atom. The first-order valence-electron chi connectivity index (χ1n) is 18.5. The van der Waals surface area contributed by atoms with Crippen molar-refractivity contribution < 1.29 is 24.2 Å². The Kier molecular flexibility index (Phi) is 11.1. The van der Waals surface area contributed by atoms with E-state index in [2.05, 4.69) is 30.3 Å². The van der Waals surface area contributed by atoms with Crippen molar-refractivity contribution in [3.63, 3.8) is 0 Å². The van der Waals surface area contributed by atoms with Crippen molar-refractivity contribution in [3.8, 4) is 5.75 Å². The standard InChI is InChI=1S/C40H60N2O5/c1-7-31(36(44)46-40-24-28-21-29(25-40)23-30(22-28)26-40)9-10-33(32-11-13-35(43)14-12-32)15-17-39(6,37(45)47-38(3,4)5)18-16-34(8-2)42-20-19-41-27-42/h11-14,19-20,27-31,33-34,43H,7-10,15-18,21-26H2,1-6H3. The van der Waals surface area contributed by atoms with Gasteiger partial charge in [0.15, 0.2) is 0 Å². The van der Waals surface area contributed by atoms with Gasteiger partial charge in [-0.3, -0.25) is 9.59 Å². The Labute approximate surface area is 283 Å². The Balaban J connectivity index is 1.28. The maximum Gasteiger partial charge on any atom is 0.312 e. The van der Waals surface area contributed by atoms with Crippen LogP contribution in [0.5, 0.6) is 5.75 Å². The molecule has 4 atom stereocenters. The van der Waals surface area contributed by atoms with Crippen LogP contribution in [0.25, 0.3) is 0 Å². The summed E-state index contributed by atoms with van der Waals surface area (Å²) < 4.78 is 14.7. The lowest BCUT2D eigenvalue weighted by Gasteiger charge is -2.55. The highest BCUT2D eigenvalue weighted by Gasteiger charge is 2.53. The second-order valence-corrected chi connectivity index (χ2v) is 16.7. The molecule has 47 heavy (non-hydrogen) atoms. The van der Waals surface area contributed by atoms with Crippen molar-refractivity contribution >= 4 is 11.9 Å². The molecule has 1 aromatic heterocycles. The fourth-order valence-corrected chi connectivity index (χ4v) is 9.33. The van der Waals surface area contributed by atoms with Crippen LogP contribution in [0.1, 0.15) is 149 Å². The van der Waals surface area contributed by atoms with Crippen LogP contribution in [0, 0.1) is 29.1 Å². The summed E-state index contributed by atoms with van der Waals surface area (Å²) in [4.78, 5) is 31.8. The molecule has 4 unspecified atom stereocenters. The summed E-state index contributed by atoms with van der Waals surface area (Å²) >= 11 is 0. The van der Waals surface area contributed by atoms with E-state index in [4.69, 9.17) is 9.47 Å². The number of hydrogen-bond donors (Lipinski definition) is 1. The maximum atomic E-state index is 13.8. The monoisotopic (exact) mass is 648 g/mol. The van der Waals surface area contributed by atoms with Crippen molar-refractivity contribution in [2.24, 2.45) is 29.1 Å². The number of aromatic nitrogens is 2. The van der Waals surface area contributed by atoms with Gasteiger partial charge in [0.1, 0.15) is 17.0 Å². The van der Waals surface area contributed by atoms with E-state index in [1.807, 2.05) is 45.4 Å². The predicted molar refractivity (Wildman–Crippen MR) is 185 cm³/mol. The lowest BCUT2D eigenvalue weighted by atomic mass is 9.54. The van der Waals surface area contributed by atoms with Crippen LogP contribution >= 0.6 is 0 Å². The van der Waals surface area contributed by atoms with Gasteiger partial charge in [-0.05, 0) is 159 Å². The first-order chi connectivity index (χ1) is 22.3.